The standard InChI is InChI=1S/C14H30N2O2S/c1-11-6-12(2)9-16(8-11)19(17,18)10-13(15)7-14(3,4)5/h11-13H,6-10,15H2,1-5H3. The molecule has 0 bridgehead atoms. The Morgan fingerprint density at radius 1 is 1.21 bits per heavy atom. The molecule has 0 spiro atoms. The van der Waals surface area contributed by atoms with Crippen molar-refractivity contribution in [3.05, 3.63) is 0 Å². The summed E-state index contributed by atoms with van der Waals surface area (Å²) < 4.78 is 26.5. The fourth-order valence-electron chi connectivity index (χ4n) is 3.05. The SMILES string of the molecule is CC1CC(C)CN(S(=O)(=O)CC(N)CC(C)(C)C)C1. The summed E-state index contributed by atoms with van der Waals surface area (Å²) in [6, 6.07) is -0.280. The van der Waals surface area contributed by atoms with Crippen molar-refractivity contribution in [3.8, 4) is 0 Å². The van der Waals surface area contributed by atoms with Gasteiger partial charge in [0.25, 0.3) is 0 Å². The molecule has 114 valence electrons. The normalized spacial score (nSPS) is 28.3. The predicted molar refractivity (Wildman–Crippen MR) is 80.4 cm³/mol. The molecular weight excluding hydrogens is 260 g/mol. The maximum absolute atomic E-state index is 12.4. The molecule has 2 N–H and O–H groups in total. The van der Waals surface area contributed by atoms with Crippen molar-refractivity contribution in [2.45, 2.75) is 53.5 Å². The Bertz CT molecular complexity index is 377. The first-order valence-electron chi connectivity index (χ1n) is 7.23. The van der Waals surface area contributed by atoms with Crippen LogP contribution < -0.4 is 5.73 Å². The second-order valence-electron chi connectivity index (χ2n) is 7.57. The summed E-state index contributed by atoms with van der Waals surface area (Å²) in [5.41, 5.74) is 6.08. The molecular formula is C14H30N2O2S. The van der Waals surface area contributed by atoms with Crippen molar-refractivity contribution in [1.82, 2.24) is 4.31 Å². The molecule has 1 aliphatic rings. The van der Waals surface area contributed by atoms with Crippen LogP contribution in [0.5, 0.6) is 0 Å². The largest absolute Gasteiger partial charge is 0.327 e. The van der Waals surface area contributed by atoms with Crippen molar-refractivity contribution < 1.29 is 8.42 Å². The quantitative estimate of drug-likeness (QED) is 0.862. The van der Waals surface area contributed by atoms with Gasteiger partial charge < -0.3 is 5.73 Å². The van der Waals surface area contributed by atoms with Crippen LogP contribution in [-0.4, -0.2) is 37.6 Å². The molecule has 0 aromatic carbocycles. The fourth-order valence-corrected chi connectivity index (χ4v) is 4.89. The van der Waals surface area contributed by atoms with Gasteiger partial charge in [0.2, 0.25) is 10.0 Å². The first-order valence-corrected chi connectivity index (χ1v) is 8.84. The van der Waals surface area contributed by atoms with E-state index in [1.165, 1.54) is 0 Å². The van der Waals surface area contributed by atoms with Crippen LogP contribution in [0.2, 0.25) is 0 Å². The van der Waals surface area contributed by atoms with Crippen LogP contribution in [0.3, 0.4) is 0 Å². The molecule has 1 heterocycles. The first-order chi connectivity index (χ1) is 8.49. The highest BCUT2D eigenvalue weighted by molar-refractivity contribution is 7.89. The Balaban J connectivity index is 2.65. The topological polar surface area (TPSA) is 63.4 Å². The lowest BCUT2D eigenvalue weighted by Gasteiger charge is -2.35. The van der Waals surface area contributed by atoms with Crippen LogP contribution >= 0.6 is 0 Å². The Kier molecular flexibility index (Phi) is 5.43. The predicted octanol–water partition coefficient (Wildman–Crippen LogP) is 2.06. The molecule has 0 aromatic rings. The van der Waals surface area contributed by atoms with Crippen LogP contribution in [0.4, 0.5) is 0 Å². The van der Waals surface area contributed by atoms with Gasteiger partial charge >= 0.3 is 0 Å². The van der Waals surface area contributed by atoms with Crippen molar-refractivity contribution >= 4 is 10.0 Å². The number of nitrogens with two attached hydrogens (primary N) is 1. The summed E-state index contributed by atoms with van der Waals surface area (Å²) in [5.74, 6) is 0.957. The van der Waals surface area contributed by atoms with Crippen molar-refractivity contribution in [2.75, 3.05) is 18.8 Å². The molecule has 3 unspecified atom stereocenters. The summed E-state index contributed by atoms with van der Waals surface area (Å²) in [4.78, 5) is 0. The Hall–Kier alpha value is -0.130. The lowest BCUT2D eigenvalue weighted by molar-refractivity contribution is 0.221. The molecule has 0 amide bonds. The van der Waals surface area contributed by atoms with Gasteiger partial charge in [-0.3, -0.25) is 0 Å². The summed E-state index contributed by atoms with van der Waals surface area (Å²) in [6.45, 7) is 11.8. The van der Waals surface area contributed by atoms with Crippen LogP contribution in [-0.2, 0) is 10.0 Å². The minimum absolute atomic E-state index is 0.0669. The van der Waals surface area contributed by atoms with Gasteiger partial charge in [0.05, 0.1) is 5.75 Å². The molecule has 19 heavy (non-hydrogen) atoms. The van der Waals surface area contributed by atoms with Crippen LogP contribution in [0.25, 0.3) is 0 Å². The minimum atomic E-state index is -3.21. The third kappa shape index (κ3) is 5.79. The molecule has 0 aromatic heterocycles. The molecule has 0 aliphatic carbocycles. The Labute approximate surface area is 118 Å². The number of piperidine rings is 1. The van der Waals surface area contributed by atoms with Gasteiger partial charge in [-0.15, -0.1) is 0 Å². The highest BCUT2D eigenvalue weighted by atomic mass is 32.2. The van der Waals surface area contributed by atoms with Crippen LogP contribution in [0.1, 0.15) is 47.5 Å². The number of nitrogens with zero attached hydrogens (tertiary/aromatic N) is 1. The van der Waals surface area contributed by atoms with Crippen molar-refractivity contribution in [1.29, 1.82) is 0 Å². The number of rotatable bonds is 4. The molecule has 3 atom stereocenters. The Morgan fingerprint density at radius 2 is 1.68 bits per heavy atom. The maximum Gasteiger partial charge on any atom is 0.215 e. The van der Waals surface area contributed by atoms with Gasteiger partial charge in [-0.25, -0.2) is 12.7 Å². The second-order valence-corrected chi connectivity index (χ2v) is 9.58. The molecule has 1 saturated heterocycles. The summed E-state index contributed by atoms with van der Waals surface area (Å²) >= 11 is 0. The van der Waals surface area contributed by atoms with Gasteiger partial charge in [-0.05, 0) is 30.1 Å². The summed E-state index contributed by atoms with van der Waals surface area (Å²) in [6.07, 6.45) is 1.84. The molecule has 0 saturated carbocycles. The highest BCUT2D eigenvalue weighted by Crippen LogP contribution is 2.25. The van der Waals surface area contributed by atoms with Crippen LogP contribution in [0, 0.1) is 17.3 Å². The zero-order valence-corrected chi connectivity index (χ0v) is 13.8. The van der Waals surface area contributed by atoms with E-state index in [1.54, 1.807) is 4.31 Å². The monoisotopic (exact) mass is 290 g/mol. The average Bonchev–Trinajstić information content (AvgIpc) is 2.11. The lowest BCUT2D eigenvalue weighted by Crippen LogP contribution is -2.47. The second kappa shape index (κ2) is 6.10. The van der Waals surface area contributed by atoms with E-state index in [0.29, 0.717) is 24.9 Å². The van der Waals surface area contributed by atoms with Crippen molar-refractivity contribution in [3.63, 3.8) is 0 Å². The molecule has 1 aliphatic heterocycles. The third-order valence-corrected chi connectivity index (χ3v) is 5.46. The van der Waals surface area contributed by atoms with Gasteiger partial charge in [0.1, 0.15) is 0 Å². The maximum atomic E-state index is 12.4. The van der Waals surface area contributed by atoms with Gasteiger partial charge in [0.15, 0.2) is 0 Å². The zero-order chi connectivity index (χ0) is 14.8. The van der Waals surface area contributed by atoms with Crippen LogP contribution in [0.15, 0.2) is 0 Å². The first kappa shape index (κ1) is 16.9. The van der Waals surface area contributed by atoms with Gasteiger partial charge in [-0.1, -0.05) is 34.6 Å². The third-order valence-electron chi connectivity index (χ3n) is 3.53. The average molecular weight is 290 g/mol. The molecule has 1 fully saturated rings. The van der Waals surface area contributed by atoms with E-state index in [2.05, 4.69) is 34.6 Å². The smallest absolute Gasteiger partial charge is 0.215 e. The molecule has 0 radical (unpaired) electrons. The van der Waals surface area contributed by atoms with Gasteiger partial charge in [0, 0.05) is 19.1 Å². The molecule has 1 rings (SSSR count). The van der Waals surface area contributed by atoms with E-state index in [9.17, 15) is 8.42 Å². The fraction of sp³-hybridized carbons (Fsp3) is 1.00. The van der Waals surface area contributed by atoms with E-state index in [0.717, 1.165) is 12.8 Å². The zero-order valence-electron chi connectivity index (χ0n) is 13.0. The summed E-state index contributed by atoms with van der Waals surface area (Å²) in [5, 5.41) is 0. The highest BCUT2D eigenvalue weighted by Gasteiger charge is 2.32. The van der Waals surface area contributed by atoms with E-state index >= 15 is 0 Å². The van der Waals surface area contributed by atoms with E-state index in [1.807, 2.05) is 0 Å². The Morgan fingerprint density at radius 3 is 2.11 bits per heavy atom. The lowest BCUT2D eigenvalue weighted by atomic mass is 9.89. The van der Waals surface area contributed by atoms with E-state index in [4.69, 9.17) is 5.73 Å². The van der Waals surface area contributed by atoms with Gasteiger partial charge in [-0.2, -0.15) is 0 Å². The van der Waals surface area contributed by atoms with E-state index in [-0.39, 0.29) is 17.2 Å². The van der Waals surface area contributed by atoms with Crippen molar-refractivity contribution in [2.24, 2.45) is 23.0 Å². The van der Waals surface area contributed by atoms with E-state index < -0.39 is 10.0 Å². The minimum Gasteiger partial charge on any atom is -0.327 e. The summed E-state index contributed by atoms with van der Waals surface area (Å²) in [7, 11) is -3.21. The molecule has 5 heteroatoms. The number of hydrogen-bond acceptors (Lipinski definition) is 3. The number of sulfonamides is 1. The number of hydrogen-bond donors (Lipinski definition) is 1. The molecule has 4 nitrogen and oxygen atoms in total.